The lowest BCUT2D eigenvalue weighted by Gasteiger charge is -2.14. The van der Waals surface area contributed by atoms with Gasteiger partial charge >= 0.3 is 0 Å². The first-order chi connectivity index (χ1) is 12.9. The number of nitrogens with zero attached hydrogens (tertiary/aromatic N) is 3. The van der Waals surface area contributed by atoms with Gasteiger partial charge in [0, 0.05) is 17.4 Å². The molecule has 0 radical (unpaired) electrons. The van der Waals surface area contributed by atoms with Gasteiger partial charge in [0.1, 0.15) is 11.2 Å². The van der Waals surface area contributed by atoms with Crippen molar-refractivity contribution in [2.75, 3.05) is 11.9 Å². The third-order valence-corrected chi connectivity index (χ3v) is 4.64. The van der Waals surface area contributed by atoms with Gasteiger partial charge in [0.2, 0.25) is 0 Å². The van der Waals surface area contributed by atoms with Gasteiger partial charge in [0.05, 0.1) is 6.61 Å². The maximum absolute atomic E-state index is 13.8. The standard InChI is InChI=1S/C17H17F2N5O2S/c1-8(6-25)20-14-13-15(22-16(26)9(2)21-13)24-17(23-14)27-7-10-4-3-5-11(18)12(10)19/h3-5,8,25H,6-7H2,1-2H3,(H2,20,22,23,24,26)/t8-/m1/s1. The molecule has 0 saturated heterocycles. The van der Waals surface area contributed by atoms with Crippen LogP contribution in [0.25, 0.3) is 11.2 Å². The number of aromatic nitrogens is 4. The summed E-state index contributed by atoms with van der Waals surface area (Å²) in [7, 11) is 0. The van der Waals surface area contributed by atoms with E-state index in [1.54, 1.807) is 13.8 Å². The lowest BCUT2D eigenvalue weighted by atomic mass is 10.2. The van der Waals surface area contributed by atoms with Crippen LogP contribution in [0, 0.1) is 18.6 Å². The molecule has 7 nitrogen and oxygen atoms in total. The second kappa shape index (κ2) is 7.97. The van der Waals surface area contributed by atoms with E-state index in [4.69, 9.17) is 0 Å². The highest BCUT2D eigenvalue weighted by atomic mass is 32.2. The molecule has 0 unspecified atom stereocenters. The van der Waals surface area contributed by atoms with E-state index in [0.717, 1.165) is 17.8 Å². The Hall–Kier alpha value is -2.59. The van der Waals surface area contributed by atoms with Gasteiger partial charge in [-0.25, -0.2) is 23.7 Å². The molecule has 0 aliphatic heterocycles. The van der Waals surface area contributed by atoms with Crippen molar-refractivity contribution >= 4 is 28.7 Å². The molecule has 3 N–H and O–H groups in total. The molecule has 0 amide bonds. The SMILES string of the molecule is Cc1nc2c(N[C@H](C)CO)nc(SCc3cccc(F)c3F)nc2[nH]c1=O. The van der Waals surface area contributed by atoms with Crippen molar-refractivity contribution in [3.05, 3.63) is 51.4 Å². The van der Waals surface area contributed by atoms with Crippen LogP contribution >= 0.6 is 11.8 Å². The average Bonchev–Trinajstić information content (AvgIpc) is 2.64. The summed E-state index contributed by atoms with van der Waals surface area (Å²) < 4.78 is 27.2. The van der Waals surface area contributed by atoms with E-state index in [0.29, 0.717) is 11.3 Å². The number of aromatic amines is 1. The van der Waals surface area contributed by atoms with Crippen LogP contribution in [0.15, 0.2) is 28.2 Å². The predicted octanol–water partition coefficient (Wildman–Crippen LogP) is 2.38. The zero-order chi connectivity index (χ0) is 19.6. The molecule has 0 bridgehead atoms. The topological polar surface area (TPSA) is 104 Å². The van der Waals surface area contributed by atoms with Gasteiger partial charge in [-0.15, -0.1) is 0 Å². The molecule has 0 fully saturated rings. The molecule has 10 heteroatoms. The van der Waals surface area contributed by atoms with Gasteiger partial charge in [-0.1, -0.05) is 23.9 Å². The molecule has 0 saturated carbocycles. The highest BCUT2D eigenvalue weighted by molar-refractivity contribution is 7.98. The number of hydrogen-bond acceptors (Lipinski definition) is 7. The van der Waals surface area contributed by atoms with Crippen LogP contribution in [0.4, 0.5) is 14.6 Å². The average molecular weight is 393 g/mol. The number of benzene rings is 1. The van der Waals surface area contributed by atoms with Crippen LogP contribution in [0.2, 0.25) is 0 Å². The molecule has 0 aliphatic carbocycles. The lowest BCUT2D eigenvalue weighted by Crippen LogP contribution is -2.22. The summed E-state index contributed by atoms with van der Waals surface area (Å²) in [5.41, 5.74) is 0.629. The zero-order valence-corrected chi connectivity index (χ0v) is 15.4. The summed E-state index contributed by atoms with van der Waals surface area (Å²) in [6, 6.07) is 3.64. The van der Waals surface area contributed by atoms with Gasteiger partial charge in [-0.2, -0.15) is 0 Å². The second-order valence-corrected chi connectivity index (χ2v) is 6.88. The van der Waals surface area contributed by atoms with Crippen molar-refractivity contribution < 1.29 is 13.9 Å². The summed E-state index contributed by atoms with van der Waals surface area (Å²) in [5.74, 6) is -1.39. The molecule has 142 valence electrons. The van der Waals surface area contributed by atoms with Gasteiger partial charge in [0.15, 0.2) is 28.3 Å². The van der Waals surface area contributed by atoms with Crippen molar-refractivity contribution in [1.29, 1.82) is 0 Å². The minimum atomic E-state index is -0.921. The number of H-pyrrole nitrogens is 1. The third kappa shape index (κ3) is 4.22. The number of aryl methyl sites for hydroxylation is 1. The van der Waals surface area contributed by atoms with E-state index in [1.165, 1.54) is 12.1 Å². The third-order valence-electron chi connectivity index (χ3n) is 3.75. The monoisotopic (exact) mass is 393 g/mol. The molecule has 0 spiro atoms. The molecule has 2 aromatic heterocycles. The van der Waals surface area contributed by atoms with Gasteiger partial charge < -0.3 is 15.4 Å². The largest absolute Gasteiger partial charge is 0.394 e. The number of rotatable bonds is 6. The zero-order valence-electron chi connectivity index (χ0n) is 14.6. The van der Waals surface area contributed by atoms with Crippen LogP contribution in [0.5, 0.6) is 0 Å². The van der Waals surface area contributed by atoms with Crippen molar-refractivity contribution in [3.8, 4) is 0 Å². The Morgan fingerprint density at radius 2 is 2.07 bits per heavy atom. The highest BCUT2D eigenvalue weighted by Crippen LogP contribution is 2.26. The van der Waals surface area contributed by atoms with E-state index in [2.05, 4.69) is 25.3 Å². The van der Waals surface area contributed by atoms with Crippen LogP contribution in [0.3, 0.4) is 0 Å². The fourth-order valence-electron chi connectivity index (χ4n) is 2.29. The fourth-order valence-corrected chi connectivity index (χ4v) is 3.11. The minimum Gasteiger partial charge on any atom is -0.394 e. The Labute approximate surface area is 157 Å². The number of thioether (sulfide) groups is 1. The molecular weight excluding hydrogens is 376 g/mol. The molecule has 3 rings (SSSR count). The number of fused-ring (bicyclic) bond motifs is 1. The van der Waals surface area contributed by atoms with E-state index in [-0.39, 0.29) is 46.0 Å². The summed E-state index contributed by atoms with van der Waals surface area (Å²) in [6.45, 7) is 3.18. The highest BCUT2D eigenvalue weighted by Gasteiger charge is 2.15. The number of anilines is 1. The normalized spacial score (nSPS) is 12.3. The maximum atomic E-state index is 13.8. The van der Waals surface area contributed by atoms with Crippen molar-refractivity contribution in [3.63, 3.8) is 0 Å². The summed E-state index contributed by atoms with van der Waals surface area (Å²) in [4.78, 5) is 27.3. The Bertz CT molecular complexity index is 1040. The Balaban J connectivity index is 1.98. The molecule has 1 aromatic carbocycles. The predicted molar refractivity (Wildman–Crippen MR) is 98.8 cm³/mol. The van der Waals surface area contributed by atoms with Crippen LogP contribution in [-0.4, -0.2) is 37.7 Å². The number of halogens is 2. The quantitative estimate of drug-likeness (QED) is 0.436. The van der Waals surface area contributed by atoms with Crippen molar-refractivity contribution in [2.24, 2.45) is 0 Å². The van der Waals surface area contributed by atoms with Crippen molar-refractivity contribution in [2.45, 2.75) is 30.8 Å². The summed E-state index contributed by atoms with van der Waals surface area (Å²) in [6.07, 6.45) is 0. The Morgan fingerprint density at radius 1 is 1.30 bits per heavy atom. The van der Waals surface area contributed by atoms with E-state index < -0.39 is 11.6 Å². The number of aliphatic hydroxyl groups is 1. The first kappa shape index (κ1) is 19.2. The molecule has 27 heavy (non-hydrogen) atoms. The first-order valence-electron chi connectivity index (χ1n) is 8.10. The molecule has 1 atom stereocenters. The van der Waals surface area contributed by atoms with E-state index in [9.17, 15) is 18.7 Å². The Morgan fingerprint density at radius 3 is 2.81 bits per heavy atom. The van der Waals surface area contributed by atoms with E-state index in [1.807, 2.05) is 0 Å². The van der Waals surface area contributed by atoms with Crippen LogP contribution in [-0.2, 0) is 5.75 Å². The number of nitrogens with one attached hydrogen (secondary N) is 2. The second-order valence-electron chi connectivity index (χ2n) is 5.93. The van der Waals surface area contributed by atoms with Crippen molar-refractivity contribution in [1.82, 2.24) is 19.9 Å². The molecule has 3 aromatic rings. The maximum Gasteiger partial charge on any atom is 0.270 e. The van der Waals surface area contributed by atoms with E-state index >= 15 is 0 Å². The smallest absolute Gasteiger partial charge is 0.270 e. The fraction of sp³-hybridized carbons (Fsp3) is 0.294. The summed E-state index contributed by atoms with van der Waals surface area (Å²) >= 11 is 1.09. The minimum absolute atomic E-state index is 0.105. The molecule has 2 heterocycles. The molecular formula is C17H17F2N5O2S. The van der Waals surface area contributed by atoms with Crippen LogP contribution < -0.4 is 10.9 Å². The Kier molecular flexibility index (Phi) is 5.66. The van der Waals surface area contributed by atoms with Gasteiger partial charge in [0.25, 0.3) is 5.56 Å². The summed E-state index contributed by atoms with van der Waals surface area (Å²) in [5, 5.41) is 12.5. The first-order valence-corrected chi connectivity index (χ1v) is 9.09. The number of hydrogen-bond donors (Lipinski definition) is 3. The van der Waals surface area contributed by atoms with Gasteiger partial charge in [-0.05, 0) is 19.9 Å². The lowest BCUT2D eigenvalue weighted by molar-refractivity contribution is 0.281. The van der Waals surface area contributed by atoms with Crippen LogP contribution in [0.1, 0.15) is 18.2 Å². The number of aliphatic hydroxyl groups excluding tert-OH is 1. The molecule has 0 aliphatic rings. The van der Waals surface area contributed by atoms with Gasteiger partial charge in [-0.3, -0.25) is 4.79 Å².